The Labute approximate surface area is 150 Å². The third-order valence-corrected chi connectivity index (χ3v) is 4.34. The van der Waals surface area contributed by atoms with Crippen molar-refractivity contribution in [1.82, 2.24) is 0 Å². The first kappa shape index (κ1) is 16.6. The standard InChI is InChI=1S/C20H14Cl2O2/c1-13-2-4-14(5-3-13)15-6-9-17(10-7-15)24-20(23)16-8-11-18(21)19(22)12-16/h2-12H,1H3. The van der Waals surface area contributed by atoms with Crippen LogP contribution in [0.1, 0.15) is 15.9 Å². The van der Waals surface area contributed by atoms with Crippen LogP contribution in [0, 0.1) is 6.92 Å². The molecule has 24 heavy (non-hydrogen) atoms. The molecule has 0 heterocycles. The normalized spacial score (nSPS) is 10.5. The van der Waals surface area contributed by atoms with E-state index in [0.29, 0.717) is 21.4 Å². The Kier molecular flexibility index (Phi) is 4.89. The average molecular weight is 357 g/mol. The molecular weight excluding hydrogens is 343 g/mol. The van der Waals surface area contributed by atoms with Gasteiger partial charge in [0.25, 0.3) is 0 Å². The molecule has 0 aliphatic carbocycles. The van der Waals surface area contributed by atoms with E-state index >= 15 is 0 Å². The zero-order valence-corrected chi connectivity index (χ0v) is 14.4. The van der Waals surface area contributed by atoms with Gasteiger partial charge in [0.1, 0.15) is 5.75 Å². The van der Waals surface area contributed by atoms with Gasteiger partial charge in [0.2, 0.25) is 0 Å². The molecule has 0 unspecified atom stereocenters. The molecular formula is C20H14Cl2O2. The summed E-state index contributed by atoms with van der Waals surface area (Å²) in [4.78, 5) is 12.1. The molecule has 120 valence electrons. The van der Waals surface area contributed by atoms with Crippen LogP contribution in [0.15, 0.2) is 66.7 Å². The lowest BCUT2D eigenvalue weighted by Crippen LogP contribution is -2.08. The number of carbonyl (C=O) groups excluding carboxylic acids is 1. The van der Waals surface area contributed by atoms with E-state index in [9.17, 15) is 4.79 Å². The first-order valence-corrected chi connectivity index (χ1v) is 8.13. The highest BCUT2D eigenvalue weighted by molar-refractivity contribution is 6.42. The van der Waals surface area contributed by atoms with E-state index < -0.39 is 5.97 Å². The van der Waals surface area contributed by atoms with Gasteiger partial charge in [-0.25, -0.2) is 4.79 Å². The molecule has 0 saturated carbocycles. The maximum atomic E-state index is 12.1. The second-order valence-corrected chi connectivity index (χ2v) is 6.22. The summed E-state index contributed by atoms with van der Waals surface area (Å²) < 4.78 is 5.36. The molecule has 0 bridgehead atoms. The van der Waals surface area contributed by atoms with Gasteiger partial charge in [-0.05, 0) is 48.4 Å². The smallest absolute Gasteiger partial charge is 0.343 e. The molecule has 0 spiro atoms. The van der Waals surface area contributed by atoms with Gasteiger partial charge in [-0.15, -0.1) is 0 Å². The minimum Gasteiger partial charge on any atom is -0.423 e. The lowest BCUT2D eigenvalue weighted by atomic mass is 10.0. The summed E-state index contributed by atoms with van der Waals surface area (Å²) in [7, 11) is 0. The van der Waals surface area contributed by atoms with E-state index in [0.717, 1.165) is 11.1 Å². The van der Waals surface area contributed by atoms with Gasteiger partial charge in [0.15, 0.2) is 0 Å². The molecule has 0 aliphatic heterocycles. The highest BCUT2D eigenvalue weighted by atomic mass is 35.5. The second-order valence-electron chi connectivity index (χ2n) is 5.41. The van der Waals surface area contributed by atoms with Gasteiger partial charge in [-0.1, -0.05) is 65.2 Å². The molecule has 0 atom stereocenters. The van der Waals surface area contributed by atoms with Gasteiger partial charge >= 0.3 is 5.97 Å². The number of hydrogen-bond acceptors (Lipinski definition) is 2. The van der Waals surface area contributed by atoms with Gasteiger partial charge in [-0.3, -0.25) is 0 Å². The summed E-state index contributed by atoms with van der Waals surface area (Å²) in [5.41, 5.74) is 3.74. The number of esters is 1. The minimum absolute atomic E-state index is 0.320. The van der Waals surface area contributed by atoms with Gasteiger partial charge in [0.05, 0.1) is 15.6 Å². The molecule has 3 aromatic rings. The zero-order chi connectivity index (χ0) is 17.1. The fourth-order valence-corrected chi connectivity index (χ4v) is 2.55. The first-order valence-electron chi connectivity index (χ1n) is 7.37. The Morgan fingerprint density at radius 1 is 0.792 bits per heavy atom. The van der Waals surface area contributed by atoms with Crippen molar-refractivity contribution in [2.45, 2.75) is 6.92 Å². The zero-order valence-electron chi connectivity index (χ0n) is 12.9. The van der Waals surface area contributed by atoms with Gasteiger partial charge in [-0.2, -0.15) is 0 Å². The van der Waals surface area contributed by atoms with Crippen LogP contribution in [-0.4, -0.2) is 5.97 Å². The number of carbonyl (C=O) groups is 1. The summed E-state index contributed by atoms with van der Waals surface area (Å²) in [6.07, 6.45) is 0. The molecule has 3 rings (SSSR count). The quantitative estimate of drug-likeness (QED) is 0.413. The monoisotopic (exact) mass is 356 g/mol. The lowest BCUT2D eigenvalue weighted by Gasteiger charge is -2.07. The maximum Gasteiger partial charge on any atom is 0.343 e. The third kappa shape index (κ3) is 3.78. The summed E-state index contributed by atoms with van der Waals surface area (Å²) >= 11 is 11.8. The van der Waals surface area contributed by atoms with Crippen molar-refractivity contribution in [2.75, 3.05) is 0 Å². The van der Waals surface area contributed by atoms with Gasteiger partial charge in [0, 0.05) is 0 Å². The molecule has 4 heteroatoms. The van der Waals surface area contributed by atoms with Crippen LogP contribution in [0.5, 0.6) is 5.75 Å². The van der Waals surface area contributed by atoms with Crippen LogP contribution in [-0.2, 0) is 0 Å². The van der Waals surface area contributed by atoms with Crippen molar-refractivity contribution in [2.24, 2.45) is 0 Å². The van der Waals surface area contributed by atoms with Crippen LogP contribution in [0.25, 0.3) is 11.1 Å². The van der Waals surface area contributed by atoms with Crippen molar-refractivity contribution in [1.29, 1.82) is 0 Å². The fourth-order valence-electron chi connectivity index (χ4n) is 2.25. The van der Waals surface area contributed by atoms with Gasteiger partial charge < -0.3 is 4.74 Å². The molecule has 0 radical (unpaired) electrons. The van der Waals surface area contributed by atoms with E-state index in [4.69, 9.17) is 27.9 Å². The van der Waals surface area contributed by atoms with E-state index in [1.165, 1.54) is 11.6 Å². The SMILES string of the molecule is Cc1ccc(-c2ccc(OC(=O)c3ccc(Cl)c(Cl)c3)cc2)cc1. The van der Waals surface area contributed by atoms with E-state index in [1.807, 2.05) is 12.1 Å². The number of benzene rings is 3. The van der Waals surface area contributed by atoms with Crippen LogP contribution < -0.4 is 4.74 Å². The third-order valence-electron chi connectivity index (χ3n) is 3.61. The Morgan fingerprint density at radius 3 is 1.96 bits per heavy atom. The maximum absolute atomic E-state index is 12.1. The topological polar surface area (TPSA) is 26.3 Å². The van der Waals surface area contributed by atoms with Crippen molar-refractivity contribution >= 4 is 29.2 Å². The first-order chi connectivity index (χ1) is 11.5. The molecule has 0 aromatic heterocycles. The molecule has 0 saturated heterocycles. The number of ether oxygens (including phenoxy) is 1. The van der Waals surface area contributed by atoms with Crippen molar-refractivity contribution < 1.29 is 9.53 Å². The fraction of sp³-hybridized carbons (Fsp3) is 0.0500. The largest absolute Gasteiger partial charge is 0.423 e. The van der Waals surface area contributed by atoms with E-state index in [2.05, 4.69) is 31.2 Å². The van der Waals surface area contributed by atoms with Crippen molar-refractivity contribution in [3.8, 4) is 16.9 Å². The molecule has 0 fully saturated rings. The summed E-state index contributed by atoms with van der Waals surface area (Å²) in [5, 5.41) is 0.719. The Bertz CT molecular complexity index is 869. The lowest BCUT2D eigenvalue weighted by molar-refractivity contribution is 0.0735. The Hall–Kier alpha value is -2.29. The summed E-state index contributed by atoms with van der Waals surface area (Å²) in [6.45, 7) is 2.05. The Morgan fingerprint density at radius 2 is 1.38 bits per heavy atom. The summed E-state index contributed by atoms with van der Waals surface area (Å²) in [5.74, 6) is -0.00131. The summed E-state index contributed by atoms with van der Waals surface area (Å²) in [6, 6.07) is 20.3. The number of aryl methyl sites for hydroxylation is 1. The van der Waals surface area contributed by atoms with E-state index in [-0.39, 0.29) is 0 Å². The number of rotatable bonds is 3. The average Bonchev–Trinajstić information content (AvgIpc) is 2.59. The number of halogens is 2. The van der Waals surface area contributed by atoms with Crippen LogP contribution in [0.4, 0.5) is 0 Å². The van der Waals surface area contributed by atoms with Crippen LogP contribution >= 0.6 is 23.2 Å². The van der Waals surface area contributed by atoms with Crippen LogP contribution in [0.2, 0.25) is 10.0 Å². The van der Waals surface area contributed by atoms with Crippen LogP contribution in [0.3, 0.4) is 0 Å². The molecule has 0 N–H and O–H groups in total. The number of hydrogen-bond donors (Lipinski definition) is 0. The highest BCUT2D eigenvalue weighted by Crippen LogP contribution is 2.25. The molecule has 0 amide bonds. The predicted molar refractivity (Wildman–Crippen MR) is 98.0 cm³/mol. The molecule has 2 nitrogen and oxygen atoms in total. The van der Waals surface area contributed by atoms with E-state index in [1.54, 1.807) is 24.3 Å². The molecule has 3 aromatic carbocycles. The minimum atomic E-state index is -0.475. The van der Waals surface area contributed by atoms with Crippen molar-refractivity contribution in [3.63, 3.8) is 0 Å². The molecule has 0 aliphatic rings. The van der Waals surface area contributed by atoms with Crippen molar-refractivity contribution in [3.05, 3.63) is 87.9 Å². The highest BCUT2D eigenvalue weighted by Gasteiger charge is 2.11. The Balaban J connectivity index is 1.75. The second kappa shape index (κ2) is 7.08. The predicted octanol–water partition coefficient (Wildman–Crippen LogP) is 6.19.